The molecule has 1 heteroatoms. The number of hydrogen-bond acceptors (Lipinski definition) is 1. The third-order valence-corrected chi connectivity index (χ3v) is 3.07. The summed E-state index contributed by atoms with van der Waals surface area (Å²) < 4.78 is 0. The lowest BCUT2D eigenvalue weighted by molar-refractivity contribution is 0.177. The van der Waals surface area contributed by atoms with Gasteiger partial charge in [0.15, 0.2) is 0 Å². The van der Waals surface area contributed by atoms with Gasteiger partial charge in [-0.15, -0.1) is 0 Å². The minimum absolute atomic E-state index is 0.859. The molecule has 0 saturated carbocycles. The molecule has 0 aromatic heterocycles. The van der Waals surface area contributed by atoms with Crippen molar-refractivity contribution in [2.24, 2.45) is 11.8 Å². The van der Waals surface area contributed by atoms with Crippen LogP contribution < -0.4 is 0 Å². The van der Waals surface area contributed by atoms with Crippen LogP contribution >= 0.6 is 0 Å². The Balaban J connectivity index is 2.65. The van der Waals surface area contributed by atoms with Crippen LogP contribution in [0.2, 0.25) is 0 Å². The van der Waals surface area contributed by atoms with E-state index in [1.165, 1.54) is 30.8 Å². The number of rotatable bonds is 1. The standard InChI is InChI=1S/C12H23N/c1-9(2)12(5)13-7-10(3)6-11(4)8-13/h10-11H,6-8H2,1-5H3. The van der Waals surface area contributed by atoms with E-state index in [-0.39, 0.29) is 0 Å². The molecule has 0 spiro atoms. The van der Waals surface area contributed by atoms with Gasteiger partial charge in [-0.3, -0.25) is 0 Å². The summed E-state index contributed by atoms with van der Waals surface area (Å²) in [5.74, 6) is 1.72. The maximum Gasteiger partial charge on any atom is 0.0200 e. The van der Waals surface area contributed by atoms with Crippen LogP contribution in [0, 0.1) is 11.8 Å². The highest BCUT2D eigenvalue weighted by Crippen LogP contribution is 2.24. The molecule has 0 aromatic rings. The minimum Gasteiger partial charge on any atom is -0.375 e. The van der Waals surface area contributed by atoms with Crippen molar-refractivity contribution in [2.75, 3.05) is 13.1 Å². The molecule has 0 amide bonds. The molecule has 0 aliphatic carbocycles. The monoisotopic (exact) mass is 181 g/mol. The van der Waals surface area contributed by atoms with Gasteiger partial charge in [-0.05, 0) is 39.0 Å². The predicted molar refractivity (Wildman–Crippen MR) is 58.6 cm³/mol. The lowest BCUT2D eigenvalue weighted by Gasteiger charge is -2.37. The molecule has 2 unspecified atom stereocenters. The van der Waals surface area contributed by atoms with Crippen LogP contribution in [0.4, 0.5) is 0 Å². The summed E-state index contributed by atoms with van der Waals surface area (Å²) >= 11 is 0. The molecule has 1 nitrogen and oxygen atoms in total. The molecule has 1 aliphatic rings. The van der Waals surface area contributed by atoms with Crippen LogP contribution in [0.3, 0.4) is 0 Å². The maximum absolute atomic E-state index is 2.55. The van der Waals surface area contributed by atoms with E-state index in [2.05, 4.69) is 39.5 Å². The zero-order valence-electron chi connectivity index (χ0n) is 9.72. The molecule has 1 saturated heterocycles. The average molecular weight is 181 g/mol. The van der Waals surface area contributed by atoms with Gasteiger partial charge in [0.1, 0.15) is 0 Å². The first-order chi connectivity index (χ1) is 6.00. The van der Waals surface area contributed by atoms with Gasteiger partial charge in [-0.25, -0.2) is 0 Å². The molecule has 1 heterocycles. The zero-order valence-corrected chi connectivity index (χ0v) is 9.72. The summed E-state index contributed by atoms with van der Waals surface area (Å²) in [5, 5.41) is 0. The van der Waals surface area contributed by atoms with Crippen LogP contribution in [0.15, 0.2) is 11.3 Å². The molecule has 0 bridgehead atoms. The summed E-state index contributed by atoms with van der Waals surface area (Å²) in [6.45, 7) is 13.9. The molecule has 1 rings (SSSR count). The Labute approximate surface area is 82.8 Å². The number of hydrogen-bond donors (Lipinski definition) is 0. The molecule has 1 fully saturated rings. The minimum atomic E-state index is 0.859. The van der Waals surface area contributed by atoms with Crippen molar-refractivity contribution in [1.29, 1.82) is 0 Å². The topological polar surface area (TPSA) is 3.24 Å². The Morgan fingerprint density at radius 1 is 1.00 bits per heavy atom. The van der Waals surface area contributed by atoms with Crippen LogP contribution in [-0.2, 0) is 0 Å². The van der Waals surface area contributed by atoms with Gasteiger partial charge in [0.2, 0.25) is 0 Å². The SMILES string of the molecule is CC(C)=C(C)N1CC(C)CC(C)C1. The highest BCUT2D eigenvalue weighted by Gasteiger charge is 2.21. The molecule has 76 valence electrons. The summed E-state index contributed by atoms with van der Waals surface area (Å²) in [6, 6.07) is 0. The van der Waals surface area contributed by atoms with E-state index < -0.39 is 0 Å². The average Bonchev–Trinajstić information content (AvgIpc) is 2.01. The van der Waals surface area contributed by atoms with Crippen molar-refractivity contribution in [2.45, 2.75) is 41.0 Å². The molecule has 0 aromatic carbocycles. The van der Waals surface area contributed by atoms with Gasteiger partial charge >= 0.3 is 0 Å². The predicted octanol–water partition coefficient (Wildman–Crippen LogP) is 3.28. The second-order valence-electron chi connectivity index (χ2n) is 4.94. The Morgan fingerprint density at radius 2 is 1.46 bits per heavy atom. The third kappa shape index (κ3) is 2.75. The number of likely N-dealkylation sites (tertiary alicyclic amines) is 1. The van der Waals surface area contributed by atoms with Crippen molar-refractivity contribution in [3.63, 3.8) is 0 Å². The first-order valence-electron chi connectivity index (χ1n) is 5.39. The van der Waals surface area contributed by atoms with Crippen molar-refractivity contribution >= 4 is 0 Å². The first-order valence-corrected chi connectivity index (χ1v) is 5.39. The zero-order chi connectivity index (χ0) is 10.0. The second-order valence-corrected chi connectivity index (χ2v) is 4.94. The fourth-order valence-electron chi connectivity index (χ4n) is 2.25. The van der Waals surface area contributed by atoms with E-state index in [0.717, 1.165) is 11.8 Å². The number of nitrogens with zero attached hydrogens (tertiary/aromatic N) is 1. The Hall–Kier alpha value is -0.460. The van der Waals surface area contributed by atoms with E-state index in [1.54, 1.807) is 0 Å². The third-order valence-electron chi connectivity index (χ3n) is 3.07. The van der Waals surface area contributed by atoms with E-state index >= 15 is 0 Å². The van der Waals surface area contributed by atoms with Gasteiger partial charge in [0.05, 0.1) is 0 Å². The lowest BCUT2D eigenvalue weighted by Crippen LogP contribution is -2.37. The molecule has 2 atom stereocenters. The van der Waals surface area contributed by atoms with Crippen molar-refractivity contribution in [3.05, 3.63) is 11.3 Å². The second kappa shape index (κ2) is 4.17. The van der Waals surface area contributed by atoms with Crippen LogP contribution in [0.5, 0.6) is 0 Å². The number of piperidine rings is 1. The normalized spacial score (nSPS) is 28.8. The van der Waals surface area contributed by atoms with E-state index in [0.29, 0.717) is 0 Å². The fraction of sp³-hybridized carbons (Fsp3) is 0.833. The Bertz CT molecular complexity index is 191. The fourth-order valence-corrected chi connectivity index (χ4v) is 2.25. The Kier molecular flexibility index (Phi) is 3.40. The molecular formula is C12H23N. The number of allylic oxidation sites excluding steroid dienone is 2. The molecule has 0 radical (unpaired) electrons. The van der Waals surface area contributed by atoms with Gasteiger partial charge in [-0.1, -0.05) is 19.4 Å². The molecule has 1 aliphatic heterocycles. The van der Waals surface area contributed by atoms with Gasteiger partial charge < -0.3 is 4.90 Å². The van der Waals surface area contributed by atoms with Gasteiger partial charge in [0, 0.05) is 18.8 Å². The lowest BCUT2D eigenvalue weighted by atomic mass is 9.91. The van der Waals surface area contributed by atoms with E-state index in [1.807, 2.05) is 0 Å². The summed E-state index contributed by atoms with van der Waals surface area (Å²) in [5.41, 5.74) is 2.94. The Morgan fingerprint density at radius 3 is 1.85 bits per heavy atom. The molecule has 13 heavy (non-hydrogen) atoms. The smallest absolute Gasteiger partial charge is 0.0200 e. The maximum atomic E-state index is 2.55. The van der Waals surface area contributed by atoms with Crippen LogP contribution in [0.25, 0.3) is 0 Å². The van der Waals surface area contributed by atoms with E-state index in [9.17, 15) is 0 Å². The summed E-state index contributed by atoms with van der Waals surface area (Å²) in [6.07, 6.45) is 1.40. The summed E-state index contributed by atoms with van der Waals surface area (Å²) in [4.78, 5) is 2.55. The highest BCUT2D eigenvalue weighted by atomic mass is 15.1. The van der Waals surface area contributed by atoms with Gasteiger partial charge in [0.25, 0.3) is 0 Å². The van der Waals surface area contributed by atoms with Crippen LogP contribution in [0.1, 0.15) is 41.0 Å². The summed E-state index contributed by atoms with van der Waals surface area (Å²) in [7, 11) is 0. The van der Waals surface area contributed by atoms with Crippen molar-refractivity contribution < 1.29 is 0 Å². The highest BCUT2D eigenvalue weighted by molar-refractivity contribution is 5.07. The van der Waals surface area contributed by atoms with Crippen molar-refractivity contribution in [3.8, 4) is 0 Å². The van der Waals surface area contributed by atoms with Crippen molar-refractivity contribution in [1.82, 2.24) is 4.90 Å². The largest absolute Gasteiger partial charge is 0.375 e. The quantitative estimate of drug-likeness (QED) is 0.600. The van der Waals surface area contributed by atoms with Crippen LogP contribution in [-0.4, -0.2) is 18.0 Å². The van der Waals surface area contributed by atoms with Gasteiger partial charge in [-0.2, -0.15) is 0 Å². The molecule has 0 N–H and O–H groups in total. The molecular weight excluding hydrogens is 158 g/mol. The first kappa shape index (κ1) is 10.6. The van der Waals surface area contributed by atoms with E-state index in [4.69, 9.17) is 0 Å².